The fraction of sp³-hybridized carbons (Fsp3) is 0.632. The number of hydrogen-bond donors (Lipinski definition) is 0. The van der Waals surface area contributed by atoms with E-state index in [0.29, 0.717) is 5.75 Å². The molecule has 0 aliphatic carbocycles. The molecular weight excluding hydrogens is 290 g/mol. The van der Waals surface area contributed by atoms with Crippen LogP contribution in [0.25, 0.3) is 0 Å². The topological polar surface area (TPSA) is 38.8 Å². The predicted molar refractivity (Wildman–Crippen MR) is 92.5 cm³/mol. The maximum atomic E-state index is 11.4. The zero-order valence-electron chi connectivity index (χ0n) is 15.5. The molecule has 1 aliphatic heterocycles. The number of carbonyl (C=O) groups excluding carboxylic acids is 1. The molecule has 4 heteroatoms. The highest BCUT2D eigenvalue weighted by Gasteiger charge is 2.34. The van der Waals surface area contributed by atoms with Crippen molar-refractivity contribution in [3.63, 3.8) is 0 Å². The van der Waals surface area contributed by atoms with Crippen LogP contribution in [-0.2, 0) is 11.2 Å². The summed E-state index contributed by atoms with van der Waals surface area (Å²) in [6, 6.07) is 0. The second-order valence-corrected chi connectivity index (χ2v) is 7.21. The maximum absolute atomic E-state index is 11.4. The Labute approximate surface area is 139 Å². The highest BCUT2D eigenvalue weighted by molar-refractivity contribution is 5.72. The third kappa shape index (κ3) is 3.69. The van der Waals surface area contributed by atoms with Crippen LogP contribution in [0.5, 0.6) is 11.5 Å². The number of hydrogen-bond acceptors (Lipinski definition) is 4. The van der Waals surface area contributed by atoms with Gasteiger partial charge in [-0.05, 0) is 77.7 Å². The van der Waals surface area contributed by atoms with Crippen LogP contribution in [0.2, 0.25) is 0 Å². The largest absolute Gasteiger partial charge is 0.487 e. The summed E-state index contributed by atoms with van der Waals surface area (Å²) in [5, 5.41) is 0. The van der Waals surface area contributed by atoms with E-state index in [1.807, 2.05) is 13.8 Å². The van der Waals surface area contributed by atoms with Gasteiger partial charge in [0.1, 0.15) is 17.1 Å². The van der Waals surface area contributed by atoms with Crippen molar-refractivity contribution < 1.29 is 14.3 Å². The van der Waals surface area contributed by atoms with E-state index in [0.717, 1.165) is 48.2 Å². The van der Waals surface area contributed by atoms with Crippen LogP contribution in [0.15, 0.2) is 0 Å². The molecule has 0 unspecified atom stereocenters. The van der Waals surface area contributed by atoms with Crippen LogP contribution >= 0.6 is 0 Å². The van der Waals surface area contributed by atoms with Crippen LogP contribution in [-0.4, -0.2) is 37.1 Å². The lowest BCUT2D eigenvalue weighted by Gasteiger charge is -2.38. The van der Waals surface area contributed by atoms with E-state index >= 15 is 0 Å². The third-order valence-corrected chi connectivity index (χ3v) is 4.90. The zero-order chi connectivity index (χ0) is 17.4. The molecule has 0 amide bonds. The number of nitrogens with zero attached hydrogens (tertiary/aromatic N) is 1. The van der Waals surface area contributed by atoms with E-state index in [2.05, 4.69) is 32.8 Å². The van der Waals surface area contributed by atoms with Crippen molar-refractivity contribution in [2.75, 3.05) is 20.6 Å². The molecule has 0 saturated heterocycles. The molecule has 0 aromatic heterocycles. The second-order valence-electron chi connectivity index (χ2n) is 7.21. The first kappa shape index (κ1) is 17.8. The van der Waals surface area contributed by atoms with Gasteiger partial charge in [0.05, 0.1) is 0 Å². The molecule has 23 heavy (non-hydrogen) atoms. The van der Waals surface area contributed by atoms with Crippen LogP contribution in [0.4, 0.5) is 0 Å². The van der Waals surface area contributed by atoms with Crippen molar-refractivity contribution >= 4 is 5.97 Å². The van der Waals surface area contributed by atoms with E-state index in [9.17, 15) is 4.79 Å². The summed E-state index contributed by atoms with van der Waals surface area (Å²) in [7, 11) is 4.18. The Morgan fingerprint density at radius 2 is 1.87 bits per heavy atom. The Morgan fingerprint density at radius 1 is 1.22 bits per heavy atom. The van der Waals surface area contributed by atoms with Crippen molar-refractivity contribution in [1.82, 2.24) is 4.90 Å². The molecule has 0 spiro atoms. The SMILES string of the molecule is CC(=O)Oc1c(C)c(C)c2c(c1C)CC[C@@](C)(CCN(C)C)O2. The fourth-order valence-electron chi connectivity index (χ4n) is 3.21. The summed E-state index contributed by atoms with van der Waals surface area (Å²) in [4.78, 5) is 13.6. The van der Waals surface area contributed by atoms with Gasteiger partial charge in [0.25, 0.3) is 0 Å². The monoisotopic (exact) mass is 319 g/mol. The number of benzene rings is 1. The first-order chi connectivity index (χ1) is 10.6. The predicted octanol–water partition coefficient (Wildman–Crippen LogP) is 3.57. The average Bonchev–Trinajstić information content (AvgIpc) is 2.47. The highest BCUT2D eigenvalue weighted by atomic mass is 16.5. The van der Waals surface area contributed by atoms with Gasteiger partial charge in [0.2, 0.25) is 0 Å². The summed E-state index contributed by atoms with van der Waals surface area (Å²) < 4.78 is 11.9. The lowest BCUT2D eigenvalue weighted by Crippen LogP contribution is -2.39. The molecule has 0 fully saturated rings. The molecule has 2 rings (SSSR count). The Balaban J connectivity index is 2.39. The van der Waals surface area contributed by atoms with Crippen LogP contribution in [0.1, 0.15) is 48.9 Å². The molecule has 0 bridgehead atoms. The lowest BCUT2D eigenvalue weighted by atomic mass is 9.85. The third-order valence-electron chi connectivity index (χ3n) is 4.90. The molecule has 1 aromatic carbocycles. The van der Waals surface area contributed by atoms with Gasteiger partial charge in [-0.2, -0.15) is 0 Å². The summed E-state index contributed by atoms with van der Waals surface area (Å²) in [6.07, 6.45) is 2.94. The molecule has 0 radical (unpaired) electrons. The standard InChI is InChI=1S/C19H29NO3/c1-12-13(2)18-16(14(3)17(12)22-15(4)21)8-9-19(5,23-18)10-11-20(6)7/h8-11H2,1-7H3/t19-/m0/s1. The van der Waals surface area contributed by atoms with E-state index in [-0.39, 0.29) is 11.6 Å². The smallest absolute Gasteiger partial charge is 0.308 e. The Kier molecular flexibility index (Phi) is 5.04. The molecule has 1 atom stereocenters. The van der Waals surface area contributed by atoms with Crippen LogP contribution in [0.3, 0.4) is 0 Å². The molecule has 0 N–H and O–H groups in total. The minimum absolute atomic E-state index is 0.135. The van der Waals surface area contributed by atoms with Crippen LogP contribution in [0, 0.1) is 20.8 Å². The number of carbonyl (C=O) groups is 1. The quantitative estimate of drug-likeness (QED) is 0.628. The summed E-state index contributed by atoms with van der Waals surface area (Å²) in [5.41, 5.74) is 4.16. The number of rotatable bonds is 4. The molecule has 1 heterocycles. The van der Waals surface area contributed by atoms with Crippen molar-refractivity contribution in [1.29, 1.82) is 0 Å². The van der Waals surface area contributed by atoms with Crippen LogP contribution < -0.4 is 9.47 Å². The van der Waals surface area contributed by atoms with Gasteiger partial charge in [-0.25, -0.2) is 0 Å². The number of fused-ring (bicyclic) bond motifs is 1. The van der Waals surface area contributed by atoms with Crippen molar-refractivity contribution in [2.45, 2.75) is 59.5 Å². The molecule has 1 aromatic rings. The van der Waals surface area contributed by atoms with Crippen molar-refractivity contribution in [3.05, 3.63) is 22.3 Å². The van der Waals surface area contributed by atoms with Gasteiger partial charge in [0, 0.05) is 19.0 Å². The number of esters is 1. The minimum atomic E-state index is -0.275. The van der Waals surface area contributed by atoms with E-state index in [4.69, 9.17) is 9.47 Å². The van der Waals surface area contributed by atoms with Crippen molar-refractivity contribution in [2.24, 2.45) is 0 Å². The normalized spacial score (nSPS) is 20.2. The fourth-order valence-corrected chi connectivity index (χ4v) is 3.21. The molecule has 4 nitrogen and oxygen atoms in total. The zero-order valence-corrected chi connectivity index (χ0v) is 15.5. The summed E-state index contributed by atoms with van der Waals surface area (Å²) >= 11 is 0. The number of ether oxygens (including phenoxy) is 2. The van der Waals surface area contributed by atoms with Crippen molar-refractivity contribution in [3.8, 4) is 11.5 Å². The van der Waals surface area contributed by atoms with Gasteiger partial charge in [-0.3, -0.25) is 4.79 Å². The first-order valence-electron chi connectivity index (χ1n) is 8.29. The van der Waals surface area contributed by atoms with E-state index in [1.165, 1.54) is 12.5 Å². The summed E-state index contributed by atoms with van der Waals surface area (Å²) in [5.74, 6) is 1.42. The molecule has 0 saturated carbocycles. The Morgan fingerprint density at radius 3 is 2.43 bits per heavy atom. The van der Waals surface area contributed by atoms with Gasteiger partial charge in [-0.15, -0.1) is 0 Å². The van der Waals surface area contributed by atoms with Gasteiger partial charge in [0.15, 0.2) is 0 Å². The first-order valence-corrected chi connectivity index (χ1v) is 8.29. The van der Waals surface area contributed by atoms with E-state index in [1.54, 1.807) is 0 Å². The maximum Gasteiger partial charge on any atom is 0.308 e. The average molecular weight is 319 g/mol. The summed E-state index contributed by atoms with van der Waals surface area (Å²) in [6.45, 7) is 10.7. The van der Waals surface area contributed by atoms with Gasteiger partial charge >= 0.3 is 5.97 Å². The lowest BCUT2D eigenvalue weighted by molar-refractivity contribution is -0.132. The Hall–Kier alpha value is -1.55. The molecule has 128 valence electrons. The van der Waals surface area contributed by atoms with Gasteiger partial charge < -0.3 is 14.4 Å². The van der Waals surface area contributed by atoms with Gasteiger partial charge in [-0.1, -0.05) is 0 Å². The second kappa shape index (κ2) is 6.52. The minimum Gasteiger partial charge on any atom is -0.487 e. The highest BCUT2D eigenvalue weighted by Crippen LogP contribution is 2.44. The van der Waals surface area contributed by atoms with E-state index < -0.39 is 0 Å². The Bertz CT molecular complexity index is 622. The molecular formula is C19H29NO3. The molecule has 1 aliphatic rings.